The van der Waals surface area contributed by atoms with Crippen LogP contribution in [0.5, 0.6) is 0 Å². The van der Waals surface area contributed by atoms with E-state index in [1.165, 1.54) is 12.5 Å². The summed E-state index contributed by atoms with van der Waals surface area (Å²) in [6.45, 7) is 2.22. The summed E-state index contributed by atoms with van der Waals surface area (Å²) in [5, 5.41) is 17.5. The largest absolute Gasteiger partial charge is 0.360 e. The van der Waals surface area contributed by atoms with Crippen molar-refractivity contribution in [3.63, 3.8) is 0 Å². The summed E-state index contributed by atoms with van der Waals surface area (Å²) in [5.41, 5.74) is 0.461. The fourth-order valence-corrected chi connectivity index (χ4v) is 2.70. The van der Waals surface area contributed by atoms with E-state index in [1.807, 2.05) is 0 Å². The van der Waals surface area contributed by atoms with Gasteiger partial charge in [0.1, 0.15) is 5.69 Å². The number of hydrogen-bond acceptors (Lipinski definition) is 3. The van der Waals surface area contributed by atoms with Crippen LogP contribution >= 0.6 is 12.2 Å². The molecule has 0 heterocycles. The van der Waals surface area contributed by atoms with Crippen LogP contribution in [0.4, 0.5) is 11.4 Å². The first-order valence-electron chi connectivity index (χ1n) is 6.37. The minimum atomic E-state index is -0.414. The lowest BCUT2D eigenvalue weighted by Crippen LogP contribution is -2.36. The Kier molecular flexibility index (Phi) is 4.31. The van der Waals surface area contributed by atoms with E-state index in [0.29, 0.717) is 22.8 Å². The van der Waals surface area contributed by atoms with Gasteiger partial charge >= 0.3 is 0 Å². The monoisotopic (exact) mass is 279 g/mol. The molecule has 0 spiro atoms. The van der Waals surface area contributed by atoms with Gasteiger partial charge in [0.15, 0.2) is 5.11 Å². The van der Waals surface area contributed by atoms with Crippen molar-refractivity contribution in [2.75, 3.05) is 5.32 Å². The van der Waals surface area contributed by atoms with Gasteiger partial charge in [-0.15, -0.1) is 0 Å². The third kappa shape index (κ3) is 3.64. The number of nitrogens with zero attached hydrogens (tertiary/aromatic N) is 1. The van der Waals surface area contributed by atoms with E-state index in [4.69, 9.17) is 12.2 Å². The average molecular weight is 279 g/mol. The molecule has 2 rings (SSSR count). The van der Waals surface area contributed by atoms with Crippen LogP contribution in [0.3, 0.4) is 0 Å². The first kappa shape index (κ1) is 13.7. The number of benzene rings is 1. The Balaban J connectivity index is 1.97. The van der Waals surface area contributed by atoms with E-state index >= 15 is 0 Å². The first-order chi connectivity index (χ1) is 9.06. The van der Waals surface area contributed by atoms with Gasteiger partial charge < -0.3 is 10.6 Å². The summed E-state index contributed by atoms with van der Waals surface area (Å²) >= 11 is 5.21. The molecule has 1 aromatic carbocycles. The van der Waals surface area contributed by atoms with E-state index in [1.54, 1.807) is 18.2 Å². The van der Waals surface area contributed by atoms with Gasteiger partial charge in [0.25, 0.3) is 5.69 Å². The molecule has 1 saturated carbocycles. The molecule has 0 aromatic heterocycles. The zero-order chi connectivity index (χ0) is 13.8. The summed E-state index contributed by atoms with van der Waals surface area (Å²) < 4.78 is 0. The number of nitro benzene ring substituents is 1. The lowest BCUT2D eigenvalue weighted by molar-refractivity contribution is -0.383. The summed E-state index contributed by atoms with van der Waals surface area (Å²) in [4.78, 5) is 10.5. The van der Waals surface area contributed by atoms with Crippen LogP contribution in [0.15, 0.2) is 24.3 Å². The highest BCUT2D eigenvalue weighted by Gasteiger charge is 2.22. The molecule has 2 N–H and O–H groups in total. The number of nitrogens with one attached hydrogen (secondary N) is 2. The minimum absolute atomic E-state index is 0.0337. The molecule has 0 saturated heterocycles. The molecule has 1 aliphatic carbocycles. The summed E-state index contributed by atoms with van der Waals surface area (Å²) in [6.07, 6.45) is 3.39. The van der Waals surface area contributed by atoms with E-state index in [0.717, 1.165) is 12.8 Å². The predicted octanol–water partition coefficient (Wildman–Crippen LogP) is 3.07. The molecule has 6 heteroatoms. The Morgan fingerprint density at radius 1 is 1.42 bits per heavy atom. The maximum absolute atomic E-state index is 10.9. The van der Waals surface area contributed by atoms with Crippen LogP contribution in [0.25, 0.3) is 0 Å². The van der Waals surface area contributed by atoms with E-state index in [9.17, 15) is 10.1 Å². The zero-order valence-corrected chi connectivity index (χ0v) is 11.6. The molecule has 1 fully saturated rings. The van der Waals surface area contributed by atoms with Gasteiger partial charge in [-0.05, 0) is 43.5 Å². The number of rotatable bonds is 3. The molecule has 0 aliphatic heterocycles. The Morgan fingerprint density at radius 2 is 2.16 bits per heavy atom. The molecule has 2 atom stereocenters. The normalized spacial score (nSPS) is 21.9. The summed E-state index contributed by atoms with van der Waals surface area (Å²) in [6, 6.07) is 6.87. The highest BCUT2D eigenvalue weighted by molar-refractivity contribution is 7.80. The van der Waals surface area contributed by atoms with E-state index < -0.39 is 4.92 Å². The van der Waals surface area contributed by atoms with Crippen LogP contribution in [0.2, 0.25) is 0 Å². The van der Waals surface area contributed by atoms with Crippen molar-refractivity contribution in [2.45, 2.75) is 32.2 Å². The molecule has 19 heavy (non-hydrogen) atoms. The second-order valence-corrected chi connectivity index (χ2v) is 5.40. The Hall–Kier alpha value is -1.69. The molecule has 102 valence electrons. The molecule has 1 aliphatic rings. The lowest BCUT2D eigenvalue weighted by Gasteiger charge is -2.16. The lowest BCUT2D eigenvalue weighted by atomic mass is 10.1. The Labute approximate surface area is 117 Å². The zero-order valence-electron chi connectivity index (χ0n) is 10.8. The van der Waals surface area contributed by atoms with Crippen LogP contribution in [0, 0.1) is 16.0 Å². The molecule has 0 amide bonds. The van der Waals surface area contributed by atoms with Crippen molar-refractivity contribution in [1.82, 2.24) is 5.32 Å². The predicted molar refractivity (Wildman–Crippen MR) is 79.3 cm³/mol. The van der Waals surface area contributed by atoms with Crippen LogP contribution in [0.1, 0.15) is 26.2 Å². The van der Waals surface area contributed by atoms with E-state index in [2.05, 4.69) is 17.6 Å². The quantitative estimate of drug-likeness (QED) is 0.505. The minimum Gasteiger partial charge on any atom is -0.360 e. The number of nitro groups is 1. The molecule has 5 nitrogen and oxygen atoms in total. The number of para-hydroxylation sites is 2. The molecule has 0 radical (unpaired) electrons. The van der Waals surface area contributed by atoms with Crippen LogP contribution in [-0.2, 0) is 0 Å². The van der Waals surface area contributed by atoms with Gasteiger partial charge in [-0.25, -0.2) is 0 Å². The van der Waals surface area contributed by atoms with Crippen molar-refractivity contribution in [3.05, 3.63) is 34.4 Å². The molecular formula is C13H17N3O2S. The van der Waals surface area contributed by atoms with Crippen LogP contribution < -0.4 is 10.6 Å². The van der Waals surface area contributed by atoms with E-state index in [-0.39, 0.29) is 5.69 Å². The second kappa shape index (κ2) is 5.97. The maximum atomic E-state index is 10.9. The average Bonchev–Trinajstić information content (AvgIpc) is 2.75. The smallest absolute Gasteiger partial charge is 0.292 e. The third-order valence-corrected chi connectivity index (χ3v) is 3.60. The molecule has 1 aromatic rings. The molecule has 0 bridgehead atoms. The highest BCUT2D eigenvalue weighted by atomic mass is 32.1. The van der Waals surface area contributed by atoms with Crippen molar-refractivity contribution in [2.24, 2.45) is 5.92 Å². The van der Waals surface area contributed by atoms with Crippen molar-refractivity contribution >= 4 is 28.7 Å². The molecule has 2 unspecified atom stereocenters. The van der Waals surface area contributed by atoms with Crippen molar-refractivity contribution in [3.8, 4) is 0 Å². The number of hydrogen-bond donors (Lipinski definition) is 2. The summed E-state index contributed by atoms with van der Waals surface area (Å²) in [5.74, 6) is 0.714. The Morgan fingerprint density at radius 3 is 2.79 bits per heavy atom. The number of anilines is 1. The van der Waals surface area contributed by atoms with Gasteiger partial charge in [-0.1, -0.05) is 19.1 Å². The summed E-state index contributed by atoms with van der Waals surface area (Å²) in [7, 11) is 0. The van der Waals surface area contributed by atoms with Crippen molar-refractivity contribution < 1.29 is 4.92 Å². The van der Waals surface area contributed by atoms with Crippen LogP contribution in [-0.4, -0.2) is 16.1 Å². The van der Waals surface area contributed by atoms with Gasteiger partial charge in [0.2, 0.25) is 0 Å². The van der Waals surface area contributed by atoms with Gasteiger partial charge in [-0.2, -0.15) is 0 Å². The van der Waals surface area contributed by atoms with Crippen molar-refractivity contribution in [1.29, 1.82) is 0 Å². The Bertz CT molecular complexity index is 493. The topological polar surface area (TPSA) is 67.2 Å². The fraction of sp³-hybridized carbons (Fsp3) is 0.462. The molecular weight excluding hydrogens is 262 g/mol. The maximum Gasteiger partial charge on any atom is 0.292 e. The first-order valence-corrected chi connectivity index (χ1v) is 6.78. The SMILES string of the molecule is CC1CCC(NC(=S)Nc2ccccc2[N+](=O)[O-])C1. The third-order valence-electron chi connectivity index (χ3n) is 3.38. The second-order valence-electron chi connectivity index (χ2n) is 4.99. The van der Waals surface area contributed by atoms with Gasteiger partial charge in [-0.3, -0.25) is 10.1 Å². The fourth-order valence-electron chi connectivity index (χ4n) is 2.42. The van der Waals surface area contributed by atoms with Gasteiger partial charge in [0, 0.05) is 12.1 Å². The van der Waals surface area contributed by atoms with Gasteiger partial charge in [0.05, 0.1) is 4.92 Å². The highest BCUT2D eigenvalue weighted by Crippen LogP contribution is 2.26. The standard InChI is InChI=1S/C13H17N3O2S/c1-9-6-7-10(8-9)14-13(19)15-11-4-2-3-5-12(11)16(17)18/h2-5,9-10H,6-8H2,1H3,(H2,14,15,19). The number of thiocarbonyl (C=S) groups is 1.